The Morgan fingerprint density at radius 3 is 2.50 bits per heavy atom. The average molecular weight is 451 g/mol. The predicted octanol–water partition coefficient (Wildman–Crippen LogP) is 3.91. The van der Waals surface area contributed by atoms with Gasteiger partial charge in [0.05, 0.1) is 19.3 Å². The molecule has 9 heteroatoms. The Hall–Kier alpha value is -1.52. The summed E-state index contributed by atoms with van der Waals surface area (Å²) >= 11 is 8.91. The number of non-ortho nitro benzene ring substituents is 1. The maximum atomic E-state index is 12.5. The SMILES string of the molecule is O=C(CI)Nc1sc(Cl)cc1C(=O)c1ccc([N+](=O)[O-])cc1. The van der Waals surface area contributed by atoms with Gasteiger partial charge >= 0.3 is 0 Å². The molecule has 0 spiro atoms. The molecule has 1 aromatic carbocycles. The van der Waals surface area contributed by atoms with Crippen LogP contribution < -0.4 is 5.32 Å². The number of nitro benzene ring substituents is 1. The highest BCUT2D eigenvalue weighted by atomic mass is 127. The van der Waals surface area contributed by atoms with Crippen molar-refractivity contribution in [2.24, 2.45) is 0 Å². The van der Waals surface area contributed by atoms with E-state index in [0.717, 1.165) is 11.3 Å². The summed E-state index contributed by atoms with van der Waals surface area (Å²) in [5.74, 6) is -0.598. The molecule has 2 aromatic rings. The van der Waals surface area contributed by atoms with E-state index in [0.29, 0.717) is 9.34 Å². The highest BCUT2D eigenvalue weighted by Gasteiger charge is 2.19. The maximum absolute atomic E-state index is 12.5. The zero-order valence-electron chi connectivity index (χ0n) is 10.8. The van der Waals surface area contributed by atoms with Crippen molar-refractivity contribution in [1.82, 2.24) is 0 Å². The summed E-state index contributed by atoms with van der Waals surface area (Å²) in [6.07, 6.45) is 0. The van der Waals surface area contributed by atoms with Crippen molar-refractivity contribution in [3.63, 3.8) is 0 Å². The fourth-order valence-electron chi connectivity index (χ4n) is 1.67. The molecule has 1 heterocycles. The number of carbonyl (C=O) groups is 2. The monoisotopic (exact) mass is 450 g/mol. The van der Waals surface area contributed by atoms with E-state index in [9.17, 15) is 19.7 Å². The number of nitrogens with zero attached hydrogens (tertiary/aromatic N) is 1. The Kier molecular flexibility index (Phi) is 5.48. The van der Waals surface area contributed by atoms with E-state index in [1.54, 1.807) is 0 Å². The molecule has 114 valence electrons. The Morgan fingerprint density at radius 2 is 1.95 bits per heavy atom. The van der Waals surface area contributed by atoms with Crippen molar-refractivity contribution in [2.75, 3.05) is 9.74 Å². The van der Waals surface area contributed by atoms with Crippen LogP contribution in [0.5, 0.6) is 0 Å². The highest BCUT2D eigenvalue weighted by Crippen LogP contribution is 2.33. The molecule has 1 aromatic heterocycles. The lowest BCUT2D eigenvalue weighted by Gasteiger charge is -2.04. The lowest BCUT2D eigenvalue weighted by Crippen LogP contribution is -2.13. The molecular formula is C13H8ClIN2O4S. The quantitative estimate of drug-likeness (QED) is 0.246. The first-order chi connectivity index (χ1) is 10.4. The smallest absolute Gasteiger partial charge is 0.269 e. The number of benzene rings is 1. The Morgan fingerprint density at radius 1 is 1.32 bits per heavy atom. The Balaban J connectivity index is 2.32. The van der Waals surface area contributed by atoms with Gasteiger partial charge in [-0.3, -0.25) is 19.7 Å². The summed E-state index contributed by atoms with van der Waals surface area (Å²) in [5.41, 5.74) is 0.449. The third-order valence-electron chi connectivity index (χ3n) is 2.66. The van der Waals surface area contributed by atoms with Crippen molar-refractivity contribution >= 4 is 67.9 Å². The molecule has 0 aliphatic heterocycles. The van der Waals surface area contributed by atoms with Crippen LogP contribution in [-0.2, 0) is 4.79 Å². The van der Waals surface area contributed by atoms with Crippen LogP contribution in [0.3, 0.4) is 0 Å². The molecule has 0 saturated heterocycles. The summed E-state index contributed by atoms with van der Waals surface area (Å²) in [6.45, 7) is 0. The van der Waals surface area contributed by atoms with E-state index in [-0.39, 0.29) is 32.9 Å². The lowest BCUT2D eigenvalue weighted by atomic mass is 10.1. The highest BCUT2D eigenvalue weighted by molar-refractivity contribution is 14.1. The molecule has 0 unspecified atom stereocenters. The van der Waals surface area contributed by atoms with Gasteiger partial charge < -0.3 is 5.32 Å². The minimum absolute atomic E-state index is 0.0988. The number of alkyl halides is 1. The largest absolute Gasteiger partial charge is 0.316 e. The Labute approximate surface area is 147 Å². The van der Waals surface area contributed by atoms with E-state index < -0.39 is 4.92 Å². The van der Waals surface area contributed by atoms with Gasteiger partial charge in [0.25, 0.3) is 5.69 Å². The number of thiophene rings is 1. The van der Waals surface area contributed by atoms with Crippen molar-refractivity contribution in [3.05, 3.63) is 55.9 Å². The minimum Gasteiger partial charge on any atom is -0.316 e. The number of halogens is 2. The Bertz CT molecular complexity index is 745. The minimum atomic E-state index is -0.540. The predicted molar refractivity (Wildman–Crippen MR) is 93.4 cm³/mol. The van der Waals surface area contributed by atoms with E-state index in [4.69, 9.17) is 11.6 Å². The molecule has 0 radical (unpaired) electrons. The van der Waals surface area contributed by atoms with Gasteiger partial charge in [0.15, 0.2) is 5.78 Å². The number of carbonyl (C=O) groups excluding carboxylic acids is 2. The zero-order chi connectivity index (χ0) is 16.3. The van der Waals surface area contributed by atoms with Crippen LogP contribution >= 0.6 is 45.5 Å². The van der Waals surface area contributed by atoms with Crippen LogP contribution in [0.2, 0.25) is 4.34 Å². The number of hydrogen-bond acceptors (Lipinski definition) is 5. The van der Waals surface area contributed by atoms with Gasteiger partial charge in [-0.2, -0.15) is 0 Å². The molecule has 1 amide bonds. The van der Waals surface area contributed by atoms with Gasteiger partial charge in [0.1, 0.15) is 5.00 Å². The second-order valence-corrected chi connectivity index (χ2v) is 6.55. The number of anilines is 1. The molecule has 0 saturated carbocycles. The van der Waals surface area contributed by atoms with Gasteiger partial charge in [0.2, 0.25) is 5.91 Å². The second-order valence-electron chi connectivity index (χ2n) is 4.11. The van der Waals surface area contributed by atoms with Crippen LogP contribution in [0.25, 0.3) is 0 Å². The van der Waals surface area contributed by atoms with Gasteiger partial charge in [-0.15, -0.1) is 11.3 Å². The lowest BCUT2D eigenvalue weighted by molar-refractivity contribution is -0.384. The molecule has 6 nitrogen and oxygen atoms in total. The standard InChI is InChI=1S/C13H8ClIN2O4S/c14-10-5-9(13(22-10)16-11(18)6-15)12(19)7-1-3-8(4-2-7)17(20)21/h1-5H,6H2,(H,16,18). The molecule has 22 heavy (non-hydrogen) atoms. The molecular weight excluding hydrogens is 443 g/mol. The average Bonchev–Trinajstić information content (AvgIpc) is 2.86. The summed E-state index contributed by atoms with van der Waals surface area (Å²) < 4.78 is 0.618. The van der Waals surface area contributed by atoms with Crippen LogP contribution in [0, 0.1) is 10.1 Å². The van der Waals surface area contributed by atoms with Gasteiger partial charge in [0, 0.05) is 17.7 Å². The fourth-order valence-corrected chi connectivity index (χ4v) is 3.00. The number of ketones is 1. The van der Waals surface area contributed by atoms with Crippen LogP contribution in [0.15, 0.2) is 30.3 Å². The summed E-state index contributed by atoms with van der Waals surface area (Å²) in [5, 5.41) is 13.6. The van der Waals surface area contributed by atoms with E-state index in [1.807, 2.05) is 22.6 Å². The second kappa shape index (κ2) is 7.16. The molecule has 1 N–H and O–H groups in total. The first-order valence-electron chi connectivity index (χ1n) is 5.86. The first-order valence-corrected chi connectivity index (χ1v) is 8.58. The number of nitro groups is 1. The van der Waals surface area contributed by atoms with Crippen molar-refractivity contribution in [3.8, 4) is 0 Å². The fraction of sp³-hybridized carbons (Fsp3) is 0.0769. The van der Waals surface area contributed by atoms with E-state index in [2.05, 4.69) is 5.32 Å². The van der Waals surface area contributed by atoms with Crippen LogP contribution in [0.4, 0.5) is 10.7 Å². The maximum Gasteiger partial charge on any atom is 0.269 e. The molecule has 0 bridgehead atoms. The van der Waals surface area contributed by atoms with Crippen molar-refractivity contribution < 1.29 is 14.5 Å². The number of hydrogen-bond donors (Lipinski definition) is 1. The number of rotatable bonds is 5. The summed E-state index contributed by atoms with van der Waals surface area (Å²) in [6, 6.07) is 6.72. The number of nitrogens with one attached hydrogen (secondary N) is 1. The van der Waals surface area contributed by atoms with Crippen molar-refractivity contribution in [2.45, 2.75) is 0 Å². The third kappa shape index (κ3) is 3.81. The third-order valence-corrected chi connectivity index (χ3v) is 4.53. The van der Waals surface area contributed by atoms with Gasteiger partial charge in [-0.05, 0) is 18.2 Å². The topological polar surface area (TPSA) is 89.3 Å². The van der Waals surface area contributed by atoms with Crippen molar-refractivity contribution in [1.29, 1.82) is 0 Å². The summed E-state index contributed by atoms with van der Waals surface area (Å²) in [4.78, 5) is 34.0. The van der Waals surface area contributed by atoms with E-state index in [1.165, 1.54) is 30.3 Å². The summed E-state index contributed by atoms with van der Waals surface area (Å²) in [7, 11) is 0. The number of amides is 1. The molecule has 0 aliphatic carbocycles. The van der Waals surface area contributed by atoms with Crippen LogP contribution in [-0.4, -0.2) is 21.0 Å². The first kappa shape index (κ1) is 16.8. The normalized spacial score (nSPS) is 10.3. The molecule has 0 aliphatic rings. The van der Waals surface area contributed by atoms with E-state index >= 15 is 0 Å². The molecule has 0 fully saturated rings. The zero-order valence-corrected chi connectivity index (χ0v) is 14.6. The van der Waals surface area contributed by atoms with Gasteiger partial charge in [-0.1, -0.05) is 34.2 Å². The molecule has 2 rings (SSSR count). The molecule has 0 atom stereocenters. The van der Waals surface area contributed by atoms with Gasteiger partial charge in [-0.25, -0.2) is 0 Å². The van der Waals surface area contributed by atoms with Crippen LogP contribution in [0.1, 0.15) is 15.9 Å².